The van der Waals surface area contributed by atoms with E-state index in [1.165, 1.54) is 0 Å². The van der Waals surface area contributed by atoms with Gasteiger partial charge in [-0.1, -0.05) is 12.1 Å². The molecule has 2 N–H and O–H groups in total. The Bertz CT molecular complexity index is 545. The summed E-state index contributed by atoms with van der Waals surface area (Å²) < 4.78 is 27.3. The van der Waals surface area contributed by atoms with Crippen LogP contribution in [0.3, 0.4) is 0 Å². The molecular weight excluding hydrogens is 274 g/mol. The second-order valence-corrected chi connectivity index (χ2v) is 7.07. The molecule has 5 nitrogen and oxygen atoms in total. The van der Waals surface area contributed by atoms with E-state index in [9.17, 15) is 8.42 Å². The Morgan fingerprint density at radius 2 is 2.20 bits per heavy atom. The van der Waals surface area contributed by atoms with Gasteiger partial charge in [-0.15, -0.1) is 0 Å². The molecule has 6 heteroatoms. The van der Waals surface area contributed by atoms with Crippen molar-refractivity contribution >= 4 is 10.0 Å². The molecule has 1 aromatic rings. The predicted octanol–water partition coefficient (Wildman–Crippen LogP) is 0.779. The molecule has 0 aromatic heterocycles. The maximum Gasteiger partial charge on any atom is 0.240 e. The van der Waals surface area contributed by atoms with Crippen LogP contribution in [0.4, 0.5) is 0 Å². The smallest absolute Gasteiger partial charge is 0.240 e. The van der Waals surface area contributed by atoms with Crippen molar-refractivity contribution in [3.05, 3.63) is 29.8 Å². The van der Waals surface area contributed by atoms with Gasteiger partial charge in [-0.3, -0.25) is 0 Å². The van der Waals surface area contributed by atoms with Crippen molar-refractivity contribution in [2.24, 2.45) is 0 Å². The van der Waals surface area contributed by atoms with Gasteiger partial charge in [0.1, 0.15) is 0 Å². The van der Waals surface area contributed by atoms with Gasteiger partial charge >= 0.3 is 0 Å². The number of rotatable bonds is 6. The van der Waals surface area contributed by atoms with E-state index < -0.39 is 10.0 Å². The third-order valence-corrected chi connectivity index (χ3v) is 5.19. The normalized spacial score (nSPS) is 20.4. The molecule has 1 saturated heterocycles. The Morgan fingerprint density at radius 3 is 2.85 bits per heavy atom. The van der Waals surface area contributed by atoms with Crippen molar-refractivity contribution in [3.8, 4) is 0 Å². The van der Waals surface area contributed by atoms with Crippen LogP contribution >= 0.6 is 0 Å². The molecule has 1 unspecified atom stereocenters. The number of hydrogen-bond acceptors (Lipinski definition) is 4. The summed E-state index contributed by atoms with van der Waals surface area (Å²) in [5.74, 6) is 0. The zero-order valence-electron chi connectivity index (χ0n) is 12.1. The first kappa shape index (κ1) is 15.4. The molecule has 20 heavy (non-hydrogen) atoms. The van der Waals surface area contributed by atoms with Gasteiger partial charge in [0, 0.05) is 19.1 Å². The number of hydrogen-bond donors (Lipinski definition) is 2. The van der Waals surface area contributed by atoms with E-state index in [1.807, 2.05) is 20.2 Å². The predicted molar refractivity (Wildman–Crippen MR) is 80.0 cm³/mol. The van der Waals surface area contributed by atoms with Crippen LogP contribution in [0.25, 0.3) is 0 Å². The fourth-order valence-electron chi connectivity index (χ4n) is 2.55. The first-order valence-electron chi connectivity index (χ1n) is 6.96. The molecule has 0 spiro atoms. The Kier molecular flexibility index (Phi) is 5.15. The van der Waals surface area contributed by atoms with Crippen molar-refractivity contribution in [2.45, 2.75) is 30.3 Å². The molecule has 2 rings (SSSR count). The highest BCUT2D eigenvalue weighted by atomic mass is 32.2. The summed E-state index contributed by atoms with van der Waals surface area (Å²) >= 11 is 0. The largest absolute Gasteiger partial charge is 0.316 e. The summed E-state index contributed by atoms with van der Waals surface area (Å²) in [6.07, 6.45) is 2.19. The molecule has 1 aliphatic heterocycles. The minimum absolute atomic E-state index is 0.310. The second-order valence-electron chi connectivity index (χ2n) is 5.31. The lowest BCUT2D eigenvalue weighted by Crippen LogP contribution is -2.38. The van der Waals surface area contributed by atoms with Crippen LogP contribution < -0.4 is 10.0 Å². The summed E-state index contributed by atoms with van der Waals surface area (Å²) in [6, 6.07) is 7.37. The minimum atomic E-state index is -3.42. The number of likely N-dealkylation sites (tertiary alicyclic amines) is 1. The van der Waals surface area contributed by atoms with Gasteiger partial charge in [-0.25, -0.2) is 13.1 Å². The lowest BCUT2D eigenvalue weighted by molar-refractivity contribution is 0.311. The number of sulfonamides is 1. The monoisotopic (exact) mass is 297 g/mol. The third kappa shape index (κ3) is 3.79. The van der Waals surface area contributed by atoms with Crippen molar-refractivity contribution in [1.29, 1.82) is 0 Å². The van der Waals surface area contributed by atoms with Crippen LogP contribution in [-0.2, 0) is 16.6 Å². The average Bonchev–Trinajstić information content (AvgIpc) is 2.83. The lowest BCUT2D eigenvalue weighted by atomic mass is 10.2. The van der Waals surface area contributed by atoms with E-state index in [1.54, 1.807) is 18.2 Å². The van der Waals surface area contributed by atoms with Crippen molar-refractivity contribution < 1.29 is 8.42 Å². The number of nitrogens with zero attached hydrogens (tertiary/aromatic N) is 1. The van der Waals surface area contributed by atoms with E-state index in [0.717, 1.165) is 24.9 Å². The number of likely N-dealkylation sites (N-methyl/N-ethyl adjacent to an activating group) is 1. The SMILES string of the molecule is CNCc1cccc(S(=O)(=O)NCC2CCCN2C)c1. The molecule has 0 bridgehead atoms. The maximum absolute atomic E-state index is 12.3. The molecule has 1 heterocycles. The fraction of sp³-hybridized carbons (Fsp3) is 0.571. The quantitative estimate of drug-likeness (QED) is 0.814. The number of benzene rings is 1. The Balaban J connectivity index is 2.04. The summed E-state index contributed by atoms with van der Waals surface area (Å²) in [7, 11) is 0.467. The van der Waals surface area contributed by atoms with E-state index >= 15 is 0 Å². The summed E-state index contributed by atoms with van der Waals surface area (Å²) in [5, 5.41) is 3.02. The molecule has 1 fully saturated rings. The summed E-state index contributed by atoms with van der Waals surface area (Å²) in [5.41, 5.74) is 0.966. The molecule has 0 aliphatic carbocycles. The van der Waals surface area contributed by atoms with Gasteiger partial charge in [-0.05, 0) is 51.2 Å². The second kappa shape index (κ2) is 6.67. The van der Waals surface area contributed by atoms with E-state index in [-0.39, 0.29) is 0 Å². The van der Waals surface area contributed by atoms with E-state index in [4.69, 9.17) is 0 Å². The average molecular weight is 297 g/mol. The lowest BCUT2D eigenvalue weighted by Gasteiger charge is -2.19. The van der Waals surface area contributed by atoms with Crippen LogP contribution in [0.1, 0.15) is 18.4 Å². The highest BCUT2D eigenvalue weighted by Crippen LogP contribution is 2.16. The van der Waals surface area contributed by atoms with Crippen LogP contribution in [0, 0.1) is 0 Å². The van der Waals surface area contributed by atoms with Crippen LogP contribution in [-0.4, -0.2) is 46.5 Å². The van der Waals surface area contributed by atoms with Crippen LogP contribution in [0.15, 0.2) is 29.2 Å². The molecule has 112 valence electrons. The van der Waals surface area contributed by atoms with E-state index in [2.05, 4.69) is 14.9 Å². The minimum Gasteiger partial charge on any atom is -0.316 e. The van der Waals surface area contributed by atoms with Gasteiger partial charge in [0.05, 0.1) is 4.90 Å². The molecular formula is C14H23N3O2S. The van der Waals surface area contributed by atoms with Crippen molar-refractivity contribution in [3.63, 3.8) is 0 Å². The van der Waals surface area contributed by atoms with Gasteiger partial charge in [0.2, 0.25) is 10.0 Å². The van der Waals surface area contributed by atoms with Gasteiger partial charge in [0.25, 0.3) is 0 Å². The first-order valence-corrected chi connectivity index (χ1v) is 8.44. The molecule has 0 radical (unpaired) electrons. The molecule has 1 aromatic carbocycles. The maximum atomic E-state index is 12.3. The third-order valence-electron chi connectivity index (χ3n) is 3.77. The van der Waals surface area contributed by atoms with Gasteiger partial charge < -0.3 is 10.2 Å². The summed E-state index contributed by atoms with van der Waals surface area (Å²) in [4.78, 5) is 2.55. The molecule has 0 saturated carbocycles. The Hall–Kier alpha value is -0.950. The molecule has 1 aliphatic rings. The van der Waals surface area contributed by atoms with Crippen LogP contribution in [0.2, 0.25) is 0 Å². The van der Waals surface area contributed by atoms with Crippen molar-refractivity contribution in [1.82, 2.24) is 14.9 Å². The number of nitrogens with one attached hydrogen (secondary N) is 2. The van der Waals surface area contributed by atoms with E-state index in [0.29, 0.717) is 24.0 Å². The summed E-state index contributed by atoms with van der Waals surface area (Å²) in [6.45, 7) is 2.19. The standard InChI is InChI=1S/C14H23N3O2S/c1-15-10-12-5-3-7-14(9-12)20(18,19)16-11-13-6-4-8-17(13)2/h3,5,7,9,13,15-16H,4,6,8,10-11H2,1-2H3. The molecule has 0 amide bonds. The van der Waals surface area contributed by atoms with Gasteiger partial charge in [-0.2, -0.15) is 0 Å². The van der Waals surface area contributed by atoms with Crippen molar-refractivity contribution in [2.75, 3.05) is 27.2 Å². The van der Waals surface area contributed by atoms with Crippen LogP contribution in [0.5, 0.6) is 0 Å². The zero-order chi connectivity index (χ0) is 14.6. The zero-order valence-corrected chi connectivity index (χ0v) is 12.9. The van der Waals surface area contributed by atoms with Gasteiger partial charge in [0.15, 0.2) is 0 Å². The fourth-order valence-corrected chi connectivity index (χ4v) is 3.70. The first-order chi connectivity index (χ1) is 9.53. The molecule has 1 atom stereocenters. The highest BCUT2D eigenvalue weighted by Gasteiger charge is 2.23. The highest BCUT2D eigenvalue weighted by molar-refractivity contribution is 7.89. The Morgan fingerprint density at radius 1 is 1.40 bits per heavy atom. The Labute approximate surface area is 121 Å². The topological polar surface area (TPSA) is 61.4 Å².